The fraction of sp³-hybridized carbons (Fsp3) is 0. The summed E-state index contributed by atoms with van der Waals surface area (Å²) < 4.78 is 3.15. The fourth-order valence-corrected chi connectivity index (χ4v) is 11.2. The molecule has 41 heavy (non-hydrogen) atoms. The molecule has 9 heteroatoms. The van der Waals surface area contributed by atoms with E-state index in [4.69, 9.17) is 26.8 Å². The molecule has 4 heterocycles. The number of nitrogens with zero attached hydrogens (tertiary/aromatic N) is 5. The van der Waals surface area contributed by atoms with E-state index < -0.39 is 6.04 Å². The molecule has 4 aromatic heterocycles. The number of thiazole rings is 2. The Morgan fingerprint density at radius 1 is 0.659 bits per heavy atom. The molecular weight excluding hydrogens is 582 g/mol. The van der Waals surface area contributed by atoms with E-state index >= 15 is 0 Å². The van der Waals surface area contributed by atoms with Crippen molar-refractivity contribution in [3.8, 4) is 16.8 Å². The number of hydrogen-bond donors (Lipinski definition) is 0. The maximum absolute atomic E-state index is 6.96. The Bertz CT molecular complexity index is 2150. The van der Waals surface area contributed by atoms with Crippen LogP contribution >= 0.6 is 28.7 Å². The minimum absolute atomic E-state index is 0.732. The minimum atomic E-state index is -2.62. The first kappa shape index (κ1) is 24.7. The van der Waals surface area contributed by atoms with Gasteiger partial charge in [-0.1, -0.05) is 96.7 Å². The molecule has 0 saturated carbocycles. The standard InChI is InChI=1S/C32H20N5PS3/c39-38(22-12-6-2-7-13-22,23-14-8-3-9-15-23)29-24(26-28-32(41-19-34-28)36-31-30(26)40-20-35-31)16-17-25-27(29)33-18-37(25)21-10-4-1-5-11-21/h1-20H. The molecule has 196 valence electrons. The second-order valence-electron chi connectivity index (χ2n) is 9.56. The predicted octanol–water partition coefficient (Wildman–Crippen LogP) is 7.06. The lowest BCUT2D eigenvalue weighted by molar-refractivity contribution is 1.09. The van der Waals surface area contributed by atoms with E-state index in [9.17, 15) is 0 Å². The van der Waals surface area contributed by atoms with Gasteiger partial charge in [0.2, 0.25) is 0 Å². The molecule has 0 aliphatic carbocycles. The van der Waals surface area contributed by atoms with Crippen molar-refractivity contribution in [1.82, 2.24) is 24.5 Å². The molecule has 0 N–H and O–H groups in total. The first-order valence-electron chi connectivity index (χ1n) is 13.0. The molecule has 0 saturated heterocycles. The summed E-state index contributed by atoms with van der Waals surface area (Å²) in [6.07, 6.45) is 1.91. The monoisotopic (exact) mass is 601 g/mol. The van der Waals surface area contributed by atoms with Gasteiger partial charge in [0.1, 0.15) is 16.7 Å². The number of hydrogen-bond acceptors (Lipinski definition) is 7. The van der Waals surface area contributed by atoms with E-state index in [0.717, 1.165) is 64.5 Å². The Morgan fingerprint density at radius 3 is 2.02 bits per heavy atom. The van der Waals surface area contributed by atoms with Crippen molar-refractivity contribution in [2.75, 3.05) is 0 Å². The summed E-state index contributed by atoms with van der Waals surface area (Å²) in [5, 5.41) is 3.30. The Hall–Kier alpha value is -4.07. The highest BCUT2D eigenvalue weighted by Gasteiger charge is 2.33. The molecule has 4 aromatic carbocycles. The molecule has 0 bridgehead atoms. The molecular formula is C32H20N5PS3. The maximum Gasteiger partial charge on any atom is 0.172 e. The molecule has 0 radical (unpaired) electrons. The van der Waals surface area contributed by atoms with Crippen LogP contribution in [0.1, 0.15) is 0 Å². The highest BCUT2D eigenvalue weighted by atomic mass is 32.4. The highest BCUT2D eigenvalue weighted by molar-refractivity contribution is 8.25. The van der Waals surface area contributed by atoms with Gasteiger partial charge in [0.05, 0.1) is 26.8 Å². The molecule has 0 atom stereocenters. The zero-order chi connectivity index (χ0) is 27.4. The van der Waals surface area contributed by atoms with Crippen molar-refractivity contribution >= 4 is 88.2 Å². The third-order valence-corrected chi connectivity index (χ3v) is 13.8. The Morgan fingerprint density at radius 2 is 1.32 bits per heavy atom. The SMILES string of the molecule is S=P(c1ccccc1)(c1ccccc1)c1c(-c2c3ncsc3nc3ncsc23)ccc2c1ncn2-c1ccccc1. The first-order chi connectivity index (χ1) is 20.2. The molecule has 0 spiro atoms. The quantitative estimate of drug-likeness (QED) is 0.198. The number of benzene rings is 4. The number of imidazole rings is 1. The average Bonchev–Trinajstić information content (AvgIpc) is 3.80. The van der Waals surface area contributed by atoms with Gasteiger partial charge in [-0.2, -0.15) is 0 Å². The number of para-hydroxylation sites is 1. The van der Waals surface area contributed by atoms with Gasteiger partial charge >= 0.3 is 0 Å². The zero-order valence-electron chi connectivity index (χ0n) is 21.5. The van der Waals surface area contributed by atoms with E-state index in [1.807, 2.05) is 47.7 Å². The van der Waals surface area contributed by atoms with Crippen molar-refractivity contribution in [1.29, 1.82) is 0 Å². The van der Waals surface area contributed by atoms with Crippen LogP contribution in [0.3, 0.4) is 0 Å². The third kappa shape index (κ3) is 3.83. The predicted molar refractivity (Wildman–Crippen MR) is 177 cm³/mol. The first-order valence-corrected chi connectivity index (χ1v) is 17.5. The van der Waals surface area contributed by atoms with Crippen LogP contribution in [0.15, 0.2) is 120 Å². The van der Waals surface area contributed by atoms with Gasteiger partial charge in [0.15, 0.2) is 5.65 Å². The largest absolute Gasteiger partial charge is 0.299 e. The highest BCUT2D eigenvalue weighted by Crippen LogP contribution is 2.49. The second-order valence-corrected chi connectivity index (χ2v) is 15.6. The topological polar surface area (TPSA) is 56.5 Å². The van der Waals surface area contributed by atoms with Crippen molar-refractivity contribution in [3.63, 3.8) is 0 Å². The lowest BCUT2D eigenvalue weighted by atomic mass is 10.0. The summed E-state index contributed by atoms with van der Waals surface area (Å²) in [6.45, 7) is 0. The number of rotatable bonds is 5. The lowest BCUT2D eigenvalue weighted by Crippen LogP contribution is -2.27. The van der Waals surface area contributed by atoms with E-state index in [1.165, 1.54) is 11.3 Å². The minimum Gasteiger partial charge on any atom is -0.299 e. The van der Waals surface area contributed by atoms with Crippen molar-refractivity contribution in [2.45, 2.75) is 0 Å². The van der Waals surface area contributed by atoms with E-state index in [2.05, 4.69) is 82.3 Å². The summed E-state index contributed by atoms with van der Waals surface area (Å²) in [6, 6.07) is 33.1. The van der Waals surface area contributed by atoms with Crippen LogP contribution in [0, 0.1) is 0 Å². The summed E-state index contributed by atoms with van der Waals surface area (Å²) in [5.41, 5.74) is 10.4. The van der Waals surface area contributed by atoms with Crippen LogP contribution in [0.2, 0.25) is 0 Å². The van der Waals surface area contributed by atoms with E-state index in [1.54, 1.807) is 11.3 Å². The number of fused-ring (bicyclic) bond motifs is 3. The number of aromatic nitrogens is 5. The van der Waals surface area contributed by atoms with Gasteiger partial charge < -0.3 is 0 Å². The summed E-state index contributed by atoms with van der Waals surface area (Å²) in [4.78, 5) is 20.2. The van der Waals surface area contributed by atoms with Gasteiger partial charge in [-0.05, 0) is 34.4 Å². The summed E-state index contributed by atoms with van der Waals surface area (Å²) >= 11 is 10.1. The Balaban J connectivity index is 1.57. The summed E-state index contributed by atoms with van der Waals surface area (Å²) in [5.74, 6) is 0. The van der Waals surface area contributed by atoms with Crippen LogP contribution in [0.25, 0.3) is 48.5 Å². The van der Waals surface area contributed by atoms with Crippen LogP contribution < -0.4 is 15.9 Å². The van der Waals surface area contributed by atoms with Crippen molar-refractivity contribution in [3.05, 3.63) is 120 Å². The average molecular weight is 602 g/mol. The van der Waals surface area contributed by atoms with Gasteiger partial charge in [0.25, 0.3) is 0 Å². The Kier molecular flexibility index (Phi) is 5.90. The molecule has 5 nitrogen and oxygen atoms in total. The van der Waals surface area contributed by atoms with E-state index in [0.29, 0.717) is 0 Å². The maximum atomic E-state index is 6.96. The van der Waals surface area contributed by atoms with Crippen LogP contribution in [0.5, 0.6) is 0 Å². The number of pyridine rings is 1. The summed E-state index contributed by atoms with van der Waals surface area (Å²) in [7, 11) is 0. The second kappa shape index (κ2) is 9.79. The molecule has 8 aromatic rings. The van der Waals surface area contributed by atoms with Crippen LogP contribution in [0.4, 0.5) is 0 Å². The van der Waals surface area contributed by atoms with E-state index in [-0.39, 0.29) is 0 Å². The van der Waals surface area contributed by atoms with Gasteiger partial charge in [-0.15, -0.1) is 22.7 Å². The molecule has 0 aliphatic heterocycles. The van der Waals surface area contributed by atoms with Crippen LogP contribution in [-0.2, 0) is 11.8 Å². The normalized spacial score (nSPS) is 12.0. The molecule has 0 amide bonds. The molecule has 0 fully saturated rings. The molecule has 0 aliphatic rings. The van der Waals surface area contributed by atoms with Gasteiger partial charge in [-0.25, -0.2) is 19.9 Å². The smallest absolute Gasteiger partial charge is 0.172 e. The fourth-order valence-electron chi connectivity index (χ4n) is 5.50. The van der Waals surface area contributed by atoms with Crippen molar-refractivity contribution in [2.24, 2.45) is 0 Å². The third-order valence-electron chi connectivity index (χ3n) is 7.32. The lowest BCUT2D eigenvalue weighted by Gasteiger charge is -2.27. The molecule has 8 rings (SSSR count). The Labute approximate surface area is 248 Å². The zero-order valence-corrected chi connectivity index (χ0v) is 24.8. The van der Waals surface area contributed by atoms with Crippen molar-refractivity contribution < 1.29 is 0 Å². The van der Waals surface area contributed by atoms with Gasteiger partial charge in [-0.3, -0.25) is 4.57 Å². The van der Waals surface area contributed by atoms with Crippen LogP contribution in [-0.4, -0.2) is 24.5 Å². The molecule has 0 unspecified atom stereocenters. The van der Waals surface area contributed by atoms with Gasteiger partial charge in [0, 0.05) is 22.6 Å².